The molecule has 3 aromatic rings. The van der Waals surface area contributed by atoms with Gasteiger partial charge in [-0.3, -0.25) is 4.72 Å². The minimum Gasteiger partial charge on any atom is -0.497 e. The Morgan fingerprint density at radius 3 is 2.57 bits per heavy atom. The van der Waals surface area contributed by atoms with Crippen LogP contribution in [0.2, 0.25) is 0 Å². The second-order valence-corrected chi connectivity index (χ2v) is 5.96. The number of H-pyrrole nitrogens is 1. The summed E-state index contributed by atoms with van der Waals surface area (Å²) in [6.45, 7) is 0. The lowest BCUT2D eigenvalue weighted by Gasteiger charge is -2.08. The third kappa shape index (κ3) is 2.52. The molecule has 0 atom stereocenters. The Morgan fingerprint density at radius 1 is 1.10 bits per heavy atom. The predicted octanol–water partition coefficient (Wildman–Crippen LogP) is 1.77. The first-order valence-corrected chi connectivity index (χ1v) is 7.55. The Labute approximate surface area is 121 Å². The van der Waals surface area contributed by atoms with Gasteiger partial charge in [-0.1, -0.05) is 6.07 Å². The number of hydrogen-bond acceptors (Lipinski definition) is 5. The molecule has 108 valence electrons. The normalized spacial score (nSPS) is 11.5. The highest BCUT2D eigenvalue weighted by molar-refractivity contribution is 7.92. The standard InChI is InChI=1S/C13H12N4O3S/c1-20-9-5-7-10(8-6-9)21(18,19)16-12-4-2-3-11-13(12)15-17-14-11/h2-8,16H,1H3,(H,14,15,17). The van der Waals surface area contributed by atoms with Gasteiger partial charge in [-0.2, -0.15) is 15.4 Å². The van der Waals surface area contributed by atoms with E-state index in [-0.39, 0.29) is 4.90 Å². The number of nitrogens with one attached hydrogen (secondary N) is 2. The van der Waals surface area contributed by atoms with Gasteiger partial charge in [0.2, 0.25) is 0 Å². The molecule has 0 radical (unpaired) electrons. The molecule has 0 saturated heterocycles. The number of aromatic amines is 1. The molecule has 0 fully saturated rings. The first-order valence-electron chi connectivity index (χ1n) is 6.06. The fraction of sp³-hybridized carbons (Fsp3) is 0.0769. The lowest BCUT2D eigenvalue weighted by atomic mass is 10.3. The van der Waals surface area contributed by atoms with Crippen molar-refractivity contribution in [2.45, 2.75) is 4.90 Å². The van der Waals surface area contributed by atoms with Gasteiger partial charge in [0, 0.05) is 0 Å². The van der Waals surface area contributed by atoms with Crippen molar-refractivity contribution in [1.29, 1.82) is 0 Å². The van der Waals surface area contributed by atoms with E-state index in [1.165, 1.54) is 19.2 Å². The van der Waals surface area contributed by atoms with E-state index in [9.17, 15) is 8.42 Å². The summed E-state index contributed by atoms with van der Waals surface area (Å²) in [6.07, 6.45) is 0. The second kappa shape index (κ2) is 5.06. The van der Waals surface area contributed by atoms with E-state index in [1.807, 2.05) is 0 Å². The maximum absolute atomic E-state index is 12.4. The fourth-order valence-corrected chi connectivity index (χ4v) is 2.98. The van der Waals surface area contributed by atoms with Crippen LogP contribution in [0.4, 0.5) is 5.69 Å². The highest BCUT2D eigenvalue weighted by atomic mass is 32.2. The molecule has 0 aliphatic heterocycles. The average Bonchev–Trinajstić information content (AvgIpc) is 2.97. The highest BCUT2D eigenvalue weighted by Gasteiger charge is 2.16. The summed E-state index contributed by atoms with van der Waals surface area (Å²) in [7, 11) is -2.17. The van der Waals surface area contributed by atoms with Gasteiger partial charge in [0.05, 0.1) is 17.7 Å². The van der Waals surface area contributed by atoms with E-state index in [2.05, 4.69) is 20.1 Å². The summed E-state index contributed by atoms with van der Waals surface area (Å²) in [5.74, 6) is 0.590. The minimum absolute atomic E-state index is 0.142. The molecule has 0 aliphatic rings. The molecule has 1 heterocycles. The zero-order chi connectivity index (χ0) is 14.9. The van der Waals surface area contributed by atoms with E-state index in [0.29, 0.717) is 22.5 Å². The Bertz CT molecular complexity index is 872. The van der Waals surface area contributed by atoms with Gasteiger partial charge in [-0.15, -0.1) is 0 Å². The lowest BCUT2D eigenvalue weighted by Crippen LogP contribution is -2.13. The highest BCUT2D eigenvalue weighted by Crippen LogP contribution is 2.23. The van der Waals surface area contributed by atoms with Crippen LogP contribution >= 0.6 is 0 Å². The van der Waals surface area contributed by atoms with Crippen molar-refractivity contribution in [3.8, 4) is 5.75 Å². The summed E-state index contributed by atoms with van der Waals surface area (Å²) < 4.78 is 32.2. The van der Waals surface area contributed by atoms with Crippen molar-refractivity contribution in [1.82, 2.24) is 15.4 Å². The quantitative estimate of drug-likeness (QED) is 0.765. The largest absolute Gasteiger partial charge is 0.497 e. The number of aromatic nitrogens is 3. The number of anilines is 1. The number of rotatable bonds is 4. The van der Waals surface area contributed by atoms with E-state index in [1.54, 1.807) is 30.3 Å². The van der Waals surface area contributed by atoms with Gasteiger partial charge in [0.1, 0.15) is 16.8 Å². The maximum Gasteiger partial charge on any atom is 0.261 e. The molecule has 0 amide bonds. The number of sulfonamides is 1. The topological polar surface area (TPSA) is 97.0 Å². The molecule has 7 nitrogen and oxygen atoms in total. The molecule has 0 aliphatic carbocycles. The molecule has 3 rings (SSSR count). The van der Waals surface area contributed by atoms with Crippen molar-refractivity contribution in [2.75, 3.05) is 11.8 Å². The monoisotopic (exact) mass is 304 g/mol. The number of methoxy groups -OCH3 is 1. The van der Waals surface area contributed by atoms with Gasteiger partial charge in [-0.05, 0) is 36.4 Å². The second-order valence-electron chi connectivity index (χ2n) is 4.28. The molecule has 0 unspecified atom stereocenters. The van der Waals surface area contributed by atoms with Crippen LogP contribution < -0.4 is 9.46 Å². The van der Waals surface area contributed by atoms with Crippen molar-refractivity contribution < 1.29 is 13.2 Å². The molecule has 0 spiro atoms. The van der Waals surface area contributed by atoms with Crippen LogP contribution in [-0.4, -0.2) is 30.9 Å². The average molecular weight is 304 g/mol. The van der Waals surface area contributed by atoms with Crippen LogP contribution in [0.15, 0.2) is 47.4 Å². The van der Waals surface area contributed by atoms with Crippen LogP contribution in [-0.2, 0) is 10.0 Å². The van der Waals surface area contributed by atoms with Crippen LogP contribution in [0.3, 0.4) is 0 Å². The summed E-state index contributed by atoms with van der Waals surface area (Å²) in [5, 5.41) is 10.3. The summed E-state index contributed by atoms with van der Waals surface area (Å²) >= 11 is 0. The van der Waals surface area contributed by atoms with Crippen molar-refractivity contribution in [3.63, 3.8) is 0 Å². The number of ether oxygens (including phenoxy) is 1. The third-order valence-corrected chi connectivity index (χ3v) is 4.34. The van der Waals surface area contributed by atoms with Crippen LogP contribution in [0.1, 0.15) is 0 Å². The Kier molecular flexibility index (Phi) is 3.22. The van der Waals surface area contributed by atoms with Crippen LogP contribution in [0.25, 0.3) is 11.0 Å². The molecule has 2 N–H and O–H groups in total. The summed E-state index contributed by atoms with van der Waals surface area (Å²) in [4.78, 5) is 0.142. The smallest absolute Gasteiger partial charge is 0.261 e. The van der Waals surface area contributed by atoms with Crippen molar-refractivity contribution >= 4 is 26.7 Å². The van der Waals surface area contributed by atoms with Gasteiger partial charge in [-0.25, -0.2) is 8.42 Å². The zero-order valence-corrected chi connectivity index (χ0v) is 11.9. The van der Waals surface area contributed by atoms with Crippen LogP contribution in [0.5, 0.6) is 5.75 Å². The van der Waals surface area contributed by atoms with E-state index >= 15 is 0 Å². The van der Waals surface area contributed by atoms with Gasteiger partial charge < -0.3 is 4.74 Å². The Hall–Kier alpha value is -2.61. The molecule has 8 heteroatoms. The molecule has 1 aromatic heterocycles. The van der Waals surface area contributed by atoms with Crippen molar-refractivity contribution in [3.05, 3.63) is 42.5 Å². The van der Waals surface area contributed by atoms with E-state index in [4.69, 9.17) is 4.74 Å². The first-order chi connectivity index (χ1) is 10.1. The number of fused-ring (bicyclic) bond motifs is 1. The number of nitrogens with zero attached hydrogens (tertiary/aromatic N) is 2. The SMILES string of the molecule is COc1ccc(S(=O)(=O)Nc2cccc3n[nH]nc23)cc1. The maximum atomic E-state index is 12.4. The van der Waals surface area contributed by atoms with Crippen LogP contribution in [0, 0.1) is 0 Å². The summed E-state index contributed by atoms with van der Waals surface area (Å²) in [6, 6.07) is 11.2. The molecule has 0 bridgehead atoms. The third-order valence-electron chi connectivity index (χ3n) is 2.96. The number of benzene rings is 2. The summed E-state index contributed by atoms with van der Waals surface area (Å²) in [5.41, 5.74) is 1.43. The molecular weight excluding hydrogens is 292 g/mol. The predicted molar refractivity (Wildman–Crippen MR) is 77.7 cm³/mol. The van der Waals surface area contributed by atoms with Gasteiger partial charge >= 0.3 is 0 Å². The molecule has 2 aromatic carbocycles. The van der Waals surface area contributed by atoms with Crippen molar-refractivity contribution in [2.24, 2.45) is 0 Å². The number of para-hydroxylation sites is 1. The van der Waals surface area contributed by atoms with E-state index in [0.717, 1.165) is 0 Å². The Balaban J connectivity index is 1.97. The van der Waals surface area contributed by atoms with Gasteiger partial charge in [0.15, 0.2) is 0 Å². The first kappa shape index (κ1) is 13.4. The molecular formula is C13H12N4O3S. The van der Waals surface area contributed by atoms with Gasteiger partial charge in [0.25, 0.3) is 10.0 Å². The lowest BCUT2D eigenvalue weighted by molar-refractivity contribution is 0.414. The van der Waals surface area contributed by atoms with E-state index < -0.39 is 10.0 Å². The molecule has 0 saturated carbocycles. The number of hydrogen-bond donors (Lipinski definition) is 2. The fourth-order valence-electron chi connectivity index (χ4n) is 1.91. The Morgan fingerprint density at radius 2 is 1.86 bits per heavy atom. The zero-order valence-electron chi connectivity index (χ0n) is 11.1. The minimum atomic E-state index is -3.69. The molecule has 21 heavy (non-hydrogen) atoms.